The molecule has 2 N–H and O–H groups in total. The molecule has 1 fully saturated rings. The third kappa shape index (κ3) is 4.18. The Balaban J connectivity index is 1.85. The Morgan fingerprint density at radius 1 is 1.14 bits per heavy atom. The predicted molar refractivity (Wildman–Crippen MR) is 109 cm³/mol. The summed E-state index contributed by atoms with van der Waals surface area (Å²) in [7, 11) is -3.79. The lowest BCUT2D eigenvalue weighted by Crippen LogP contribution is -2.41. The second kappa shape index (κ2) is 7.89. The number of nitrogens with zero attached hydrogens (tertiary/aromatic N) is 1. The van der Waals surface area contributed by atoms with Crippen molar-refractivity contribution in [1.82, 2.24) is 4.72 Å². The van der Waals surface area contributed by atoms with Crippen LogP contribution in [0.2, 0.25) is 0 Å². The van der Waals surface area contributed by atoms with E-state index in [1.165, 1.54) is 17.7 Å². The summed E-state index contributed by atoms with van der Waals surface area (Å²) in [5.41, 5.74) is 1.26. The molecule has 0 radical (unpaired) electrons. The van der Waals surface area contributed by atoms with Crippen LogP contribution in [0.1, 0.15) is 38.7 Å². The zero-order chi connectivity index (χ0) is 20.4. The number of sulfonamides is 1. The molecule has 8 heteroatoms. The fraction of sp³-hybridized carbons (Fsp3) is 0.400. The number of hydrogen-bond donors (Lipinski definition) is 2. The van der Waals surface area contributed by atoms with Gasteiger partial charge >= 0.3 is 0 Å². The van der Waals surface area contributed by atoms with Gasteiger partial charge in [-0.2, -0.15) is 0 Å². The van der Waals surface area contributed by atoms with E-state index in [0.717, 1.165) is 25.3 Å². The van der Waals surface area contributed by atoms with Crippen LogP contribution in [0.15, 0.2) is 53.4 Å². The first-order valence-electron chi connectivity index (χ1n) is 9.34. The van der Waals surface area contributed by atoms with Crippen LogP contribution in [0.5, 0.6) is 0 Å². The van der Waals surface area contributed by atoms with Gasteiger partial charge in [-0.15, -0.1) is 0 Å². The quantitative estimate of drug-likeness (QED) is 0.515. The molecule has 1 aliphatic rings. The summed E-state index contributed by atoms with van der Waals surface area (Å²) >= 11 is 0. The highest BCUT2D eigenvalue weighted by molar-refractivity contribution is 7.89. The molecule has 2 aromatic rings. The Kier molecular flexibility index (Phi) is 5.71. The molecule has 0 amide bonds. The standard InChI is InChI=1S/C20H25N3O4S/c1-15(2)22-28(26,27)17-9-10-18(19(13-17)23(24)25)21-14-20(11-6-12-20)16-7-4-3-5-8-16/h3-5,7-10,13,15,21-22H,6,11-12,14H2,1-2H3. The van der Waals surface area contributed by atoms with Crippen molar-refractivity contribution in [1.29, 1.82) is 0 Å². The van der Waals surface area contributed by atoms with Crippen LogP contribution >= 0.6 is 0 Å². The molecule has 0 spiro atoms. The minimum Gasteiger partial charge on any atom is -0.379 e. The number of benzene rings is 2. The highest BCUT2D eigenvalue weighted by Crippen LogP contribution is 2.44. The van der Waals surface area contributed by atoms with Crippen molar-refractivity contribution in [2.45, 2.75) is 49.5 Å². The first-order valence-corrected chi connectivity index (χ1v) is 10.8. The monoisotopic (exact) mass is 403 g/mol. The van der Waals surface area contributed by atoms with Crippen molar-refractivity contribution in [3.8, 4) is 0 Å². The number of rotatable bonds is 8. The molecule has 2 aromatic carbocycles. The van der Waals surface area contributed by atoms with Gasteiger partial charge in [0.2, 0.25) is 10.0 Å². The average molecular weight is 404 g/mol. The lowest BCUT2D eigenvalue weighted by atomic mass is 9.64. The van der Waals surface area contributed by atoms with Gasteiger partial charge in [-0.3, -0.25) is 10.1 Å². The SMILES string of the molecule is CC(C)NS(=O)(=O)c1ccc(NCC2(c3ccccc3)CCC2)c([N+](=O)[O-])c1. The molecule has 28 heavy (non-hydrogen) atoms. The summed E-state index contributed by atoms with van der Waals surface area (Å²) in [6.45, 7) is 3.96. The fourth-order valence-electron chi connectivity index (χ4n) is 3.58. The Bertz CT molecular complexity index is 955. The molecule has 0 aliphatic heterocycles. The summed E-state index contributed by atoms with van der Waals surface area (Å²) in [5, 5.41) is 14.7. The number of nitro benzene ring substituents is 1. The topological polar surface area (TPSA) is 101 Å². The molecule has 7 nitrogen and oxygen atoms in total. The molecule has 3 rings (SSSR count). The number of nitro groups is 1. The zero-order valence-electron chi connectivity index (χ0n) is 16.0. The summed E-state index contributed by atoms with van der Waals surface area (Å²) in [5.74, 6) is 0. The zero-order valence-corrected chi connectivity index (χ0v) is 16.8. The molecule has 0 atom stereocenters. The van der Waals surface area contributed by atoms with E-state index in [1.54, 1.807) is 13.8 Å². The maximum absolute atomic E-state index is 12.3. The largest absolute Gasteiger partial charge is 0.379 e. The van der Waals surface area contributed by atoms with Crippen LogP contribution < -0.4 is 10.0 Å². The maximum Gasteiger partial charge on any atom is 0.293 e. The van der Waals surface area contributed by atoms with Gasteiger partial charge in [-0.25, -0.2) is 13.1 Å². The van der Waals surface area contributed by atoms with E-state index < -0.39 is 14.9 Å². The molecule has 0 saturated heterocycles. The molecular formula is C20H25N3O4S. The van der Waals surface area contributed by atoms with Crippen LogP contribution in [0.25, 0.3) is 0 Å². The Hall–Kier alpha value is -2.45. The van der Waals surface area contributed by atoms with Crippen LogP contribution in [0.3, 0.4) is 0 Å². The molecule has 150 valence electrons. The van der Waals surface area contributed by atoms with Crippen LogP contribution in [-0.2, 0) is 15.4 Å². The lowest BCUT2D eigenvalue weighted by molar-refractivity contribution is -0.384. The van der Waals surface area contributed by atoms with E-state index in [-0.39, 0.29) is 22.0 Å². The van der Waals surface area contributed by atoms with Gasteiger partial charge in [0.25, 0.3) is 5.69 Å². The smallest absolute Gasteiger partial charge is 0.293 e. The van der Waals surface area contributed by atoms with Crippen molar-refractivity contribution < 1.29 is 13.3 Å². The minimum absolute atomic E-state index is 0.0426. The van der Waals surface area contributed by atoms with Gasteiger partial charge < -0.3 is 5.32 Å². The lowest BCUT2D eigenvalue weighted by Gasteiger charge is -2.42. The third-order valence-electron chi connectivity index (χ3n) is 5.18. The normalized spacial score (nSPS) is 15.8. The molecule has 0 bridgehead atoms. The van der Waals surface area contributed by atoms with E-state index in [4.69, 9.17) is 0 Å². The summed E-state index contributed by atoms with van der Waals surface area (Å²) in [6.07, 6.45) is 3.15. The highest BCUT2D eigenvalue weighted by atomic mass is 32.2. The number of hydrogen-bond acceptors (Lipinski definition) is 5. The second-order valence-corrected chi connectivity index (χ2v) is 9.28. The van der Waals surface area contributed by atoms with Crippen molar-refractivity contribution in [2.24, 2.45) is 0 Å². The van der Waals surface area contributed by atoms with Crippen molar-refractivity contribution in [3.05, 3.63) is 64.2 Å². The van der Waals surface area contributed by atoms with Gasteiger partial charge in [-0.05, 0) is 44.4 Å². The molecule has 0 unspecified atom stereocenters. The summed E-state index contributed by atoms with van der Waals surface area (Å²) in [4.78, 5) is 10.9. The van der Waals surface area contributed by atoms with Gasteiger partial charge in [0, 0.05) is 24.1 Å². The molecule has 1 saturated carbocycles. The molecular weight excluding hydrogens is 378 g/mol. The van der Waals surface area contributed by atoms with Gasteiger partial charge in [-0.1, -0.05) is 36.8 Å². The average Bonchev–Trinajstić information content (AvgIpc) is 2.60. The highest BCUT2D eigenvalue weighted by Gasteiger charge is 2.38. The predicted octanol–water partition coefficient (Wildman–Crippen LogP) is 3.82. The van der Waals surface area contributed by atoms with Gasteiger partial charge in [0.05, 0.1) is 9.82 Å². The molecule has 0 aromatic heterocycles. The number of anilines is 1. The Morgan fingerprint density at radius 3 is 2.36 bits per heavy atom. The third-order valence-corrected chi connectivity index (χ3v) is 6.84. The van der Waals surface area contributed by atoms with E-state index in [2.05, 4.69) is 22.2 Å². The fourth-order valence-corrected chi connectivity index (χ4v) is 4.86. The van der Waals surface area contributed by atoms with Gasteiger partial charge in [0.15, 0.2) is 0 Å². The molecule has 1 aliphatic carbocycles. The summed E-state index contributed by atoms with van der Waals surface area (Å²) < 4.78 is 27.1. The van der Waals surface area contributed by atoms with Crippen LogP contribution in [0.4, 0.5) is 11.4 Å². The van der Waals surface area contributed by atoms with Gasteiger partial charge in [0.1, 0.15) is 5.69 Å². The molecule has 0 heterocycles. The van der Waals surface area contributed by atoms with E-state index in [0.29, 0.717) is 12.2 Å². The van der Waals surface area contributed by atoms with Crippen molar-refractivity contribution in [3.63, 3.8) is 0 Å². The van der Waals surface area contributed by atoms with Crippen LogP contribution in [-0.4, -0.2) is 25.9 Å². The van der Waals surface area contributed by atoms with E-state index in [9.17, 15) is 18.5 Å². The van der Waals surface area contributed by atoms with Crippen molar-refractivity contribution >= 4 is 21.4 Å². The summed E-state index contributed by atoms with van der Waals surface area (Å²) in [6, 6.07) is 13.8. The second-order valence-electron chi connectivity index (χ2n) is 7.57. The number of nitrogens with one attached hydrogen (secondary N) is 2. The van der Waals surface area contributed by atoms with Crippen LogP contribution in [0, 0.1) is 10.1 Å². The first kappa shape index (κ1) is 20.3. The van der Waals surface area contributed by atoms with E-state index >= 15 is 0 Å². The van der Waals surface area contributed by atoms with E-state index in [1.807, 2.05) is 18.2 Å². The maximum atomic E-state index is 12.3. The Morgan fingerprint density at radius 2 is 1.82 bits per heavy atom. The minimum atomic E-state index is -3.79. The van der Waals surface area contributed by atoms with Crippen molar-refractivity contribution in [2.75, 3.05) is 11.9 Å². The first-order chi connectivity index (χ1) is 13.2. The Labute approximate surface area is 165 Å².